The molecule has 1 N–H and O–H groups in total. The molecule has 1 aromatic rings. The highest BCUT2D eigenvalue weighted by Gasteiger charge is 2.24. The predicted molar refractivity (Wildman–Crippen MR) is 75.3 cm³/mol. The van der Waals surface area contributed by atoms with Gasteiger partial charge in [-0.25, -0.2) is 0 Å². The van der Waals surface area contributed by atoms with Gasteiger partial charge in [0.25, 0.3) is 5.91 Å². The first-order chi connectivity index (χ1) is 8.63. The number of hydrogen-bond donors (Lipinski definition) is 1. The van der Waals surface area contributed by atoms with E-state index in [0.29, 0.717) is 16.4 Å². The molecule has 1 fully saturated rings. The lowest BCUT2D eigenvalue weighted by Gasteiger charge is -2.31. The predicted octanol–water partition coefficient (Wildman–Crippen LogP) is 2.67. The van der Waals surface area contributed by atoms with Crippen LogP contribution >= 0.6 is 11.8 Å². The Labute approximate surface area is 112 Å². The molecule has 0 spiro atoms. The Hall–Kier alpha value is -1.16. The van der Waals surface area contributed by atoms with Gasteiger partial charge in [-0.3, -0.25) is 4.79 Å². The molecule has 0 radical (unpaired) electrons. The molecule has 18 heavy (non-hydrogen) atoms. The molecule has 98 valence electrons. The van der Waals surface area contributed by atoms with Crippen LogP contribution in [0.15, 0.2) is 18.2 Å². The summed E-state index contributed by atoms with van der Waals surface area (Å²) in [6, 6.07) is 5.13. The molecule has 1 heterocycles. The summed E-state index contributed by atoms with van der Waals surface area (Å²) < 4.78 is 0. The second-order valence-electron chi connectivity index (χ2n) is 4.68. The van der Waals surface area contributed by atoms with Crippen LogP contribution < -0.4 is 0 Å². The average molecular weight is 265 g/mol. The van der Waals surface area contributed by atoms with E-state index >= 15 is 0 Å². The van der Waals surface area contributed by atoms with Crippen molar-refractivity contribution < 1.29 is 9.90 Å². The monoisotopic (exact) mass is 265 g/mol. The number of hydrogen-bond acceptors (Lipinski definition) is 3. The third-order valence-corrected chi connectivity index (χ3v) is 4.74. The summed E-state index contributed by atoms with van der Waals surface area (Å²) in [6.07, 6.45) is 4.25. The van der Waals surface area contributed by atoms with Gasteiger partial charge in [0, 0.05) is 29.5 Å². The minimum absolute atomic E-state index is 0.0444. The highest BCUT2D eigenvalue weighted by Crippen LogP contribution is 2.25. The summed E-state index contributed by atoms with van der Waals surface area (Å²) in [5, 5.41) is 10.3. The molecular formula is C14H19NO2S. The van der Waals surface area contributed by atoms with Crippen LogP contribution in [0, 0.1) is 6.92 Å². The Morgan fingerprint density at radius 1 is 1.39 bits per heavy atom. The summed E-state index contributed by atoms with van der Waals surface area (Å²) in [5.41, 5.74) is 1.30. The van der Waals surface area contributed by atoms with Crippen molar-refractivity contribution in [3.8, 4) is 5.75 Å². The number of benzene rings is 1. The molecule has 4 heteroatoms. The largest absolute Gasteiger partial charge is 0.508 e. The van der Waals surface area contributed by atoms with Crippen molar-refractivity contribution in [1.82, 2.24) is 4.90 Å². The van der Waals surface area contributed by atoms with E-state index < -0.39 is 0 Å². The maximum atomic E-state index is 12.4. The molecule has 0 aromatic heterocycles. The number of piperidine rings is 1. The van der Waals surface area contributed by atoms with E-state index in [1.165, 1.54) is 0 Å². The molecular weight excluding hydrogens is 246 g/mol. The molecule has 1 aromatic carbocycles. The highest BCUT2D eigenvalue weighted by atomic mass is 32.2. The Bertz CT molecular complexity index is 439. The van der Waals surface area contributed by atoms with E-state index in [4.69, 9.17) is 0 Å². The Kier molecular flexibility index (Phi) is 4.17. The van der Waals surface area contributed by atoms with Crippen molar-refractivity contribution in [2.45, 2.75) is 25.0 Å². The van der Waals surface area contributed by atoms with Gasteiger partial charge >= 0.3 is 0 Å². The first kappa shape index (κ1) is 13.3. The number of amides is 1. The number of carbonyl (C=O) groups excluding carboxylic acids is 1. The number of rotatable bonds is 2. The summed E-state index contributed by atoms with van der Waals surface area (Å²) in [4.78, 5) is 14.3. The Morgan fingerprint density at radius 3 is 2.67 bits per heavy atom. The number of thioether (sulfide) groups is 1. The van der Waals surface area contributed by atoms with Gasteiger partial charge in [-0.2, -0.15) is 11.8 Å². The van der Waals surface area contributed by atoms with E-state index in [1.807, 2.05) is 16.7 Å². The van der Waals surface area contributed by atoms with Gasteiger partial charge in [-0.05, 0) is 38.2 Å². The molecule has 0 atom stereocenters. The first-order valence-corrected chi connectivity index (χ1v) is 7.53. The summed E-state index contributed by atoms with van der Waals surface area (Å²) in [6.45, 7) is 3.43. The number of aromatic hydroxyl groups is 1. The van der Waals surface area contributed by atoms with Gasteiger partial charge in [0.15, 0.2) is 0 Å². The van der Waals surface area contributed by atoms with Crippen LogP contribution in [-0.4, -0.2) is 40.5 Å². The van der Waals surface area contributed by atoms with Gasteiger partial charge in [0.05, 0.1) is 0 Å². The van der Waals surface area contributed by atoms with E-state index in [9.17, 15) is 9.90 Å². The molecule has 1 amide bonds. The second kappa shape index (κ2) is 5.65. The molecule has 0 saturated carbocycles. The lowest BCUT2D eigenvalue weighted by Crippen LogP contribution is -2.39. The summed E-state index contributed by atoms with van der Waals surface area (Å²) >= 11 is 1.88. The van der Waals surface area contributed by atoms with Crippen LogP contribution in [-0.2, 0) is 0 Å². The zero-order chi connectivity index (χ0) is 13.1. The zero-order valence-corrected chi connectivity index (χ0v) is 11.7. The molecule has 1 saturated heterocycles. The van der Waals surface area contributed by atoms with Crippen molar-refractivity contribution in [3.05, 3.63) is 29.3 Å². The number of phenolic OH excluding ortho intramolecular Hbond substituents is 1. The third-order valence-electron chi connectivity index (χ3n) is 3.60. The smallest absolute Gasteiger partial charge is 0.254 e. The maximum absolute atomic E-state index is 12.4. The number of likely N-dealkylation sites (tertiary alicyclic amines) is 1. The highest BCUT2D eigenvalue weighted by molar-refractivity contribution is 7.99. The Morgan fingerprint density at radius 2 is 2.06 bits per heavy atom. The first-order valence-electron chi connectivity index (χ1n) is 6.24. The fourth-order valence-corrected chi connectivity index (χ4v) is 3.00. The lowest BCUT2D eigenvalue weighted by molar-refractivity contribution is 0.0726. The minimum Gasteiger partial charge on any atom is -0.508 e. The van der Waals surface area contributed by atoms with Crippen molar-refractivity contribution in [3.63, 3.8) is 0 Å². The van der Waals surface area contributed by atoms with Gasteiger partial charge in [-0.1, -0.05) is 6.07 Å². The Balaban J connectivity index is 2.10. The van der Waals surface area contributed by atoms with Crippen molar-refractivity contribution in [2.75, 3.05) is 19.3 Å². The van der Waals surface area contributed by atoms with E-state index in [-0.39, 0.29) is 11.7 Å². The normalized spacial score (nSPS) is 16.9. The van der Waals surface area contributed by atoms with Crippen LogP contribution in [0.1, 0.15) is 28.8 Å². The summed E-state index contributed by atoms with van der Waals surface area (Å²) in [7, 11) is 0. The average Bonchev–Trinajstić information content (AvgIpc) is 2.41. The SMILES string of the molecule is CSC1CCN(C(=O)c2cccc(O)c2C)CC1. The van der Waals surface area contributed by atoms with E-state index in [0.717, 1.165) is 25.9 Å². The standard InChI is InChI=1S/C14H19NO2S/c1-10-12(4-3-5-13(10)16)14(17)15-8-6-11(18-2)7-9-15/h3-5,11,16H,6-9H2,1-2H3. The number of carbonyl (C=O) groups is 1. The van der Waals surface area contributed by atoms with Gasteiger partial charge in [0.1, 0.15) is 5.75 Å². The van der Waals surface area contributed by atoms with Crippen molar-refractivity contribution >= 4 is 17.7 Å². The quantitative estimate of drug-likeness (QED) is 0.893. The van der Waals surface area contributed by atoms with Crippen LogP contribution in [0.2, 0.25) is 0 Å². The molecule has 0 unspecified atom stereocenters. The molecule has 2 rings (SSSR count). The molecule has 3 nitrogen and oxygen atoms in total. The van der Waals surface area contributed by atoms with Gasteiger partial charge < -0.3 is 10.0 Å². The molecule has 0 aliphatic carbocycles. The van der Waals surface area contributed by atoms with Gasteiger partial charge in [-0.15, -0.1) is 0 Å². The van der Waals surface area contributed by atoms with Crippen molar-refractivity contribution in [1.29, 1.82) is 0 Å². The lowest BCUT2D eigenvalue weighted by atomic mass is 10.0. The molecule has 0 bridgehead atoms. The minimum atomic E-state index is 0.0444. The fraction of sp³-hybridized carbons (Fsp3) is 0.500. The van der Waals surface area contributed by atoms with E-state index in [2.05, 4.69) is 6.26 Å². The second-order valence-corrected chi connectivity index (χ2v) is 5.82. The van der Waals surface area contributed by atoms with Crippen LogP contribution in [0.4, 0.5) is 0 Å². The fourth-order valence-electron chi connectivity index (χ4n) is 2.32. The maximum Gasteiger partial charge on any atom is 0.254 e. The summed E-state index contributed by atoms with van der Waals surface area (Å²) in [5.74, 6) is 0.239. The van der Waals surface area contributed by atoms with Crippen LogP contribution in [0.3, 0.4) is 0 Å². The molecule has 1 aliphatic rings. The zero-order valence-electron chi connectivity index (χ0n) is 10.8. The third kappa shape index (κ3) is 2.64. The number of phenols is 1. The number of nitrogens with zero attached hydrogens (tertiary/aromatic N) is 1. The van der Waals surface area contributed by atoms with Crippen LogP contribution in [0.25, 0.3) is 0 Å². The van der Waals surface area contributed by atoms with E-state index in [1.54, 1.807) is 25.1 Å². The van der Waals surface area contributed by atoms with Crippen molar-refractivity contribution in [2.24, 2.45) is 0 Å². The molecule has 1 aliphatic heterocycles. The topological polar surface area (TPSA) is 40.5 Å². The van der Waals surface area contributed by atoms with Crippen LogP contribution in [0.5, 0.6) is 5.75 Å². The van der Waals surface area contributed by atoms with Gasteiger partial charge in [0.2, 0.25) is 0 Å².